The van der Waals surface area contributed by atoms with Gasteiger partial charge in [-0.2, -0.15) is 13.2 Å². The highest BCUT2D eigenvalue weighted by Gasteiger charge is 2.31. The molecule has 1 fully saturated rings. The van der Waals surface area contributed by atoms with Crippen molar-refractivity contribution in [2.24, 2.45) is 0 Å². The molecule has 0 spiro atoms. The summed E-state index contributed by atoms with van der Waals surface area (Å²) in [4.78, 5) is 4.39. The minimum Gasteiger partial charge on any atom is -0.494 e. The third kappa shape index (κ3) is 6.67. The van der Waals surface area contributed by atoms with Gasteiger partial charge in [-0.15, -0.1) is 24.8 Å². The van der Waals surface area contributed by atoms with E-state index in [1.54, 1.807) is 6.07 Å². The molecule has 1 aliphatic carbocycles. The van der Waals surface area contributed by atoms with Crippen LogP contribution < -0.4 is 9.64 Å². The van der Waals surface area contributed by atoms with Crippen molar-refractivity contribution in [1.29, 1.82) is 0 Å². The van der Waals surface area contributed by atoms with Crippen LogP contribution in [0.3, 0.4) is 0 Å². The quantitative estimate of drug-likeness (QED) is 0.502. The summed E-state index contributed by atoms with van der Waals surface area (Å²) in [6.07, 6.45) is 0.230. The van der Waals surface area contributed by atoms with Crippen LogP contribution in [-0.4, -0.2) is 44.2 Å². The third-order valence-corrected chi connectivity index (χ3v) is 5.87. The fourth-order valence-electron chi connectivity index (χ4n) is 4.22. The summed E-state index contributed by atoms with van der Waals surface area (Å²) >= 11 is 0. The van der Waals surface area contributed by atoms with E-state index < -0.39 is 11.7 Å². The Bertz CT molecular complexity index is 840. The second-order valence-electron chi connectivity index (χ2n) is 7.86. The number of halogens is 5. The number of rotatable bonds is 6. The fourth-order valence-corrected chi connectivity index (χ4v) is 4.22. The first kappa shape index (κ1) is 25.6. The average Bonchev–Trinajstić information content (AvgIpc) is 3.19. The zero-order valence-electron chi connectivity index (χ0n) is 17.4. The number of fused-ring (bicyclic) bond motifs is 1. The van der Waals surface area contributed by atoms with Crippen molar-refractivity contribution in [2.45, 2.75) is 31.9 Å². The van der Waals surface area contributed by atoms with Crippen LogP contribution in [0.2, 0.25) is 0 Å². The Morgan fingerprint density at radius 1 is 0.871 bits per heavy atom. The van der Waals surface area contributed by atoms with E-state index in [1.807, 2.05) is 4.90 Å². The smallest absolute Gasteiger partial charge is 0.416 e. The number of hydrogen-bond acceptors (Lipinski definition) is 3. The van der Waals surface area contributed by atoms with Gasteiger partial charge in [0.05, 0.1) is 12.2 Å². The summed E-state index contributed by atoms with van der Waals surface area (Å²) in [6.45, 7) is 4.83. The molecule has 172 valence electrons. The Kier molecular flexibility index (Phi) is 9.34. The Morgan fingerprint density at radius 2 is 1.61 bits per heavy atom. The van der Waals surface area contributed by atoms with Gasteiger partial charge < -0.3 is 9.64 Å². The van der Waals surface area contributed by atoms with Crippen molar-refractivity contribution < 1.29 is 17.9 Å². The Morgan fingerprint density at radius 3 is 2.35 bits per heavy atom. The van der Waals surface area contributed by atoms with Gasteiger partial charge in [-0.05, 0) is 67.1 Å². The molecule has 0 aromatic heterocycles. The molecule has 31 heavy (non-hydrogen) atoms. The van der Waals surface area contributed by atoms with Crippen LogP contribution in [0.1, 0.15) is 29.5 Å². The molecule has 1 aliphatic heterocycles. The number of anilines is 1. The van der Waals surface area contributed by atoms with Crippen LogP contribution in [0.25, 0.3) is 0 Å². The number of benzene rings is 2. The van der Waals surface area contributed by atoms with Crippen LogP contribution in [0.4, 0.5) is 18.9 Å². The SMILES string of the molecule is Cl.Cl.FC(F)(F)c1cccc(N2CCN(CCCOc3ccc4c(c3)CCC4)CC2)c1. The van der Waals surface area contributed by atoms with Gasteiger partial charge in [0, 0.05) is 38.4 Å². The van der Waals surface area contributed by atoms with Gasteiger partial charge in [0.1, 0.15) is 5.75 Å². The van der Waals surface area contributed by atoms with Crippen LogP contribution in [0, 0.1) is 0 Å². The van der Waals surface area contributed by atoms with E-state index in [-0.39, 0.29) is 24.8 Å². The normalized spacial score (nSPS) is 16.3. The third-order valence-electron chi connectivity index (χ3n) is 5.87. The lowest BCUT2D eigenvalue weighted by Gasteiger charge is -2.36. The molecule has 1 saturated heterocycles. The molecule has 0 N–H and O–H groups in total. The first-order chi connectivity index (χ1) is 14.0. The highest BCUT2D eigenvalue weighted by Crippen LogP contribution is 2.32. The molecular formula is C23H29Cl2F3N2O. The first-order valence-electron chi connectivity index (χ1n) is 10.4. The van der Waals surface area contributed by atoms with E-state index in [0.717, 1.165) is 57.4 Å². The highest BCUT2D eigenvalue weighted by molar-refractivity contribution is 5.85. The van der Waals surface area contributed by atoms with Crippen molar-refractivity contribution in [2.75, 3.05) is 44.2 Å². The van der Waals surface area contributed by atoms with Crippen molar-refractivity contribution in [3.8, 4) is 5.75 Å². The van der Waals surface area contributed by atoms with Gasteiger partial charge >= 0.3 is 6.18 Å². The maximum Gasteiger partial charge on any atom is 0.416 e. The molecule has 0 unspecified atom stereocenters. The maximum absolute atomic E-state index is 12.9. The van der Waals surface area contributed by atoms with Crippen molar-refractivity contribution in [3.05, 3.63) is 59.2 Å². The number of nitrogens with zero attached hydrogens (tertiary/aromatic N) is 2. The minimum absolute atomic E-state index is 0. The highest BCUT2D eigenvalue weighted by atomic mass is 35.5. The molecule has 0 radical (unpaired) electrons. The zero-order chi connectivity index (χ0) is 20.3. The predicted molar refractivity (Wildman–Crippen MR) is 123 cm³/mol. The standard InChI is InChI=1S/C23H27F3N2O.2ClH/c24-23(25,26)20-6-2-7-21(17-20)28-13-11-27(12-14-28)10-3-15-29-22-9-8-18-4-1-5-19(18)16-22;;/h2,6-9,16-17H,1,3-5,10-15H2;2*1H. The van der Waals surface area contributed by atoms with Gasteiger partial charge in [-0.25, -0.2) is 0 Å². The molecule has 8 heteroatoms. The minimum atomic E-state index is -4.29. The largest absolute Gasteiger partial charge is 0.494 e. The summed E-state index contributed by atoms with van der Waals surface area (Å²) in [5.41, 5.74) is 2.95. The number of piperazine rings is 1. The monoisotopic (exact) mass is 476 g/mol. The van der Waals surface area contributed by atoms with E-state index in [0.29, 0.717) is 12.3 Å². The van der Waals surface area contributed by atoms with Gasteiger partial charge in [0.15, 0.2) is 0 Å². The Hall–Kier alpha value is -1.63. The van der Waals surface area contributed by atoms with Gasteiger partial charge in [-0.3, -0.25) is 4.90 Å². The van der Waals surface area contributed by atoms with Crippen LogP contribution >= 0.6 is 24.8 Å². The van der Waals surface area contributed by atoms with Gasteiger partial charge in [-0.1, -0.05) is 12.1 Å². The summed E-state index contributed by atoms with van der Waals surface area (Å²) in [5, 5.41) is 0. The topological polar surface area (TPSA) is 15.7 Å². The second kappa shape index (κ2) is 11.3. The van der Waals surface area contributed by atoms with Gasteiger partial charge in [0.25, 0.3) is 0 Å². The summed E-state index contributed by atoms with van der Waals surface area (Å²) < 4.78 is 44.7. The molecular weight excluding hydrogens is 448 g/mol. The summed E-state index contributed by atoms with van der Waals surface area (Å²) in [6, 6.07) is 12.1. The number of hydrogen-bond donors (Lipinski definition) is 0. The Labute approximate surface area is 194 Å². The van der Waals surface area contributed by atoms with Crippen molar-refractivity contribution in [1.82, 2.24) is 4.90 Å². The van der Waals surface area contributed by atoms with Crippen molar-refractivity contribution >= 4 is 30.5 Å². The molecule has 0 atom stereocenters. The molecule has 2 aromatic rings. The van der Waals surface area contributed by atoms with Crippen LogP contribution in [0.15, 0.2) is 42.5 Å². The summed E-state index contributed by atoms with van der Waals surface area (Å²) in [5.74, 6) is 0.958. The molecule has 2 aromatic carbocycles. The van der Waals surface area contributed by atoms with Crippen LogP contribution in [-0.2, 0) is 19.0 Å². The van der Waals surface area contributed by atoms with E-state index in [1.165, 1.54) is 36.1 Å². The number of alkyl halides is 3. The first-order valence-corrected chi connectivity index (χ1v) is 10.4. The fraction of sp³-hybridized carbons (Fsp3) is 0.478. The molecule has 2 aliphatic rings. The lowest BCUT2D eigenvalue weighted by molar-refractivity contribution is -0.137. The zero-order valence-corrected chi connectivity index (χ0v) is 19.0. The predicted octanol–water partition coefficient (Wildman–Crippen LogP) is 5.63. The lowest BCUT2D eigenvalue weighted by Crippen LogP contribution is -2.46. The van der Waals surface area contributed by atoms with Gasteiger partial charge in [0.2, 0.25) is 0 Å². The summed E-state index contributed by atoms with van der Waals surface area (Å²) in [7, 11) is 0. The lowest BCUT2D eigenvalue weighted by atomic mass is 10.1. The molecule has 1 heterocycles. The van der Waals surface area contributed by atoms with E-state index in [4.69, 9.17) is 4.74 Å². The van der Waals surface area contributed by atoms with E-state index in [2.05, 4.69) is 23.1 Å². The molecule has 0 saturated carbocycles. The number of ether oxygens (including phenoxy) is 1. The molecule has 3 nitrogen and oxygen atoms in total. The van der Waals surface area contributed by atoms with E-state index in [9.17, 15) is 13.2 Å². The maximum atomic E-state index is 12.9. The second-order valence-corrected chi connectivity index (χ2v) is 7.86. The average molecular weight is 477 g/mol. The van der Waals surface area contributed by atoms with Crippen LogP contribution in [0.5, 0.6) is 5.75 Å². The number of aryl methyl sites for hydroxylation is 2. The Balaban J connectivity index is 0.00000171. The van der Waals surface area contributed by atoms with Crippen molar-refractivity contribution in [3.63, 3.8) is 0 Å². The molecule has 4 rings (SSSR count). The molecule has 0 bridgehead atoms. The molecule has 0 amide bonds. The van der Waals surface area contributed by atoms with E-state index >= 15 is 0 Å².